The molecule has 0 unspecified atom stereocenters. The second kappa shape index (κ2) is 6.25. The van der Waals surface area contributed by atoms with Gasteiger partial charge in [0.05, 0.1) is 18.0 Å². The molecule has 3 nitrogen and oxygen atoms in total. The van der Waals surface area contributed by atoms with E-state index < -0.39 is 0 Å². The Kier molecular flexibility index (Phi) is 4.18. The SMILES string of the molecule is CCOC(=O)C1CCC(c2ccc3ncccc3c2)CC1. The number of rotatable bonds is 3. The lowest BCUT2D eigenvalue weighted by molar-refractivity contribution is -0.149. The van der Waals surface area contributed by atoms with Crippen molar-refractivity contribution >= 4 is 16.9 Å². The third-order valence-electron chi connectivity index (χ3n) is 4.45. The first kappa shape index (κ1) is 14.1. The van der Waals surface area contributed by atoms with Gasteiger partial charge in [0.25, 0.3) is 0 Å². The summed E-state index contributed by atoms with van der Waals surface area (Å²) < 4.78 is 5.13. The average molecular weight is 283 g/mol. The quantitative estimate of drug-likeness (QED) is 0.797. The first-order valence-electron chi connectivity index (χ1n) is 7.79. The van der Waals surface area contributed by atoms with Gasteiger partial charge in [-0.1, -0.05) is 12.1 Å². The first-order valence-corrected chi connectivity index (χ1v) is 7.79. The molecule has 0 aliphatic heterocycles. The number of hydrogen-bond donors (Lipinski definition) is 0. The van der Waals surface area contributed by atoms with E-state index in [1.165, 1.54) is 10.9 Å². The van der Waals surface area contributed by atoms with Gasteiger partial charge in [-0.05, 0) is 62.3 Å². The Labute approximate surface area is 125 Å². The summed E-state index contributed by atoms with van der Waals surface area (Å²) in [7, 11) is 0. The van der Waals surface area contributed by atoms with Gasteiger partial charge in [-0.25, -0.2) is 0 Å². The average Bonchev–Trinajstić information content (AvgIpc) is 2.55. The normalized spacial score (nSPS) is 22.1. The summed E-state index contributed by atoms with van der Waals surface area (Å²) in [6.07, 6.45) is 5.83. The zero-order chi connectivity index (χ0) is 14.7. The third-order valence-corrected chi connectivity index (χ3v) is 4.45. The molecule has 0 amide bonds. The number of nitrogens with zero attached hydrogens (tertiary/aromatic N) is 1. The van der Waals surface area contributed by atoms with E-state index >= 15 is 0 Å². The van der Waals surface area contributed by atoms with Crippen LogP contribution in [0, 0.1) is 5.92 Å². The molecule has 1 saturated carbocycles. The van der Waals surface area contributed by atoms with Gasteiger partial charge in [-0.3, -0.25) is 9.78 Å². The van der Waals surface area contributed by atoms with E-state index in [-0.39, 0.29) is 11.9 Å². The predicted molar refractivity (Wildman–Crippen MR) is 83.1 cm³/mol. The summed E-state index contributed by atoms with van der Waals surface area (Å²) in [5, 5.41) is 1.20. The van der Waals surface area contributed by atoms with E-state index in [0.29, 0.717) is 12.5 Å². The predicted octanol–water partition coefficient (Wildman–Crippen LogP) is 4.07. The fourth-order valence-corrected chi connectivity index (χ4v) is 3.27. The number of fused-ring (bicyclic) bond motifs is 1. The lowest BCUT2D eigenvalue weighted by Crippen LogP contribution is -2.23. The van der Waals surface area contributed by atoms with Crippen LogP contribution in [-0.2, 0) is 9.53 Å². The van der Waals surface area contributed by atoms with E-state index in [0.717, 1.165) is 31.2 Å². The van der Waals surface area contributed by atoms with E-state index in [1.807, 2.05) is 19.2 Å². The Morgan fingerprint density at radius 3 is 2.81 bits per heavy atom. The second-order valence-corrected chi connectivity index (χ2v) is 5.76. The Morgan fingerprint density at radius 2 is 2.05 bits per heavy atom. The Hall–Kier alpha value is -1.90. The number of benzene rings is 1. The molecule has 0 spiro atoms. The van der Waals surface area contributed by atoms with Crippen LogP contribution in [0.4, 0.5) is 0 Å². The second-order valence-electron chi connectivity index (χ2n) is 5.76. The highest BCUT2D eigenvalue weighted by Gasteiger charge is 2.27. The molecule has 1 heterocycles. The van der Waals surface area contributed by atoms with Crippen LogP contribution in [0.25, 0.3) is 10.9 Å². The first-order chi connectivity index (χ1) is 10.3. The zero-order valence-corrected chi connectivity index (χ0v) is 12.4. The number of aromatic nitrogens is 1. The maximum absolute atomic E-state index is 11.8. The van der Waals surface area contributed by atoms with Crippen LogP contribution in [0.1, 0.15) is 44.1 Å². The maximum Gasteiger partial charge on any atom is 0.308 e. The molecule has 1 aromatic heterocycles. The lowest BCUT2D eigenvalue weighted by Gasteiger charge is -2.27. The highest BCUT2D eigenvalue weighted by atomic mass is 16.5. The molecule has 1 aliphatic carbocycles. The molecule has 0 saturated heterocycles. The van der Waals surface area contributed by atoms with E-state index in [2.05, 4.69) is 29.2 Å². The van der Waals surface area contributed by atoms with Crippen molar-refractivity contribution in [3.63, 3.8) is 0 Å². The summed E-state index contributed by atoms with van der Waals surface area (Å²) in [4.78, 5) is 16.1. The molecule has 3 rings (SSSR count). The molecule has 0 bridgehead atoms. The molecular weight excluding hydrogens is 262 g/mol. The van der Waals surface area contributed by atoms with Crippen LogP contribution in [0.15, 0.2) is 36.5 Å². The Bertz CT molecular complexity index is 630. The molecule has 21 heavy (non-hydrogen) atoms. The van der Waals surface area contributed by atoms with Crippen molar-refractivity contribution in [1.82, 2.24) is 4.98 Å². The van der Waals surface area contributed by atoms with Crippen LogP contribution in [-0.4, -0.2) is 17.6 Å². The van der Waals surface area contributed by atoms with Crippen molar-refractivity contribution in [2.75, 3.05) is 6.61 Å². The molecule has 1 aliphatic rings. The number of hydrogen-bond acceptors (Lipinski definition) is 3. The fourth-order valence-electron chi connectivity index (χ4n) is 3.27. The smallest absolute Gasteiger partial charge is 0.308 e. The molecule has 110 valence electrons. The Balaban J connectivity index is 1.69. The summed E-state index contributed by atoms with van der Waals surface area (Å²) in [6.45, 7) is 2.35. The number of pyridine rings is 1. The van der Waals surface area contributed by atoms with Gasteiger partial charge in [0.15, 0.2) is 0 Å². The van der Waals surface area contributed by atoms with Gasteiger partial charge < -0.3 is 4.74 Å². The van der Waals surface area contributed by atoms with Crippen LogP contribution in [0.5, 0.6) is 0 Å². The topological polar surface area (TPSA) is 39.2 Å². The number of carbonyl (C=O) groups is 1. The highest BCUT2D eigenvalue weighted by molar-refractivity contribution is 5.79. The largest absolute Gasteiger partial charge is 0.466 e. The Morgan fingerprint density at radius 1 is 1.24 bits per heavy atom. The van der Waals surface area contributed by atoms with Crippen LogP contribution < -0.4 is 0 Å². The molecule has 0 atom stereocenters. The molecule has 1 fully saturated rings. The number of ether oxygens (including phenoxy) is 1. The van der Waals surface area contributed by atoms with Gasteiger partial charge in [-0.15, -0.1) is 0 Å². The summed E-state index contributed by atoms with van der Waals surface area (Å²) in [6, 6.07) is 10.6. The monoisotopic (exact) mass is 283 g/mol. The zero-order valence-electron chi connectivity index (χ0n) is 12.4. The van der Waals surface area contributed by atoms with Gasteiger partial charge in [0.2, 0.25) is 0 Å². The number of esters is 1. The molecule has 3 heteroatoms. The minimum Gasteiger partial charge on any atom is -0.466 e. The van der Waals surface area contributed by atoms with Crippen molar-refractivity contribution in [2.24, 2.45) is 5.92 Å². The lowest BCUT2D eigenvalue weighted by atomic mass is 9.78. The van der Waals surface area contributed by atoms with E-state index in [9.17, 15) is 4.79 Å². The fraction of sp³-hybridized carbons (Fsp3) is 0.444. The van der Waals surface area contributed by atoms with Crippen molar-refractivity contribution in [3.05, 3.63) is 42.1 Å². The summed E-state index contributed by atoms with van der Waals surface area (Å²) in [5.41, 5.74) is 2.42. The highest BCUT2D eigenvalue weighted by Crippen LogP contribution is 2.37. The standard InChI is InChI=1S/C18H21NO2/c1-2-21-18(20)14-7-5-13(6-8-14)15-9-10-17-16(12-15)4-3-11-19-17/h3-4,9-14H,2,5-8H2,1H3. The molecule has 0 radical (unpaired) electrons. The maximum atomic E-state index is 11.8. The minimum absolute atomic E-state index is 0.0151. The van der Waals surface area contributed by atoms with Gasteiger partial charge in [0.1, 0.15) is 0 Å². The molecule has 2 aromatic rings. The summed E-state index contributed by atoms with van der Waals surface area (Å²) >= 11 is 0. The van der Waals surface area contributed by atoms with Crippen molar-refractivity contribution in [3.8, 4) is 0 Å². The molecule has 0 N–H and O–H groups in total. The van der Waals surface area contributed by atoms with Crippen molar-refractivity contribution in [1.29, 1.82) is 0 Å². The summed E-state index contributed by atoms with van der Waals surface area (Å²) in [5.74, 6) is 0.641. The molecular formula is C18H21NO2. The molecule has 1 aromatic carbocycles. The van der Waals surface area contributed by atoms with E-state index in [4.69, 9.17) is 4.74 Å². The van der Waals surface area contributed by atoms with Gasteiger partial charge in [-0.2, -0.15) is 0 Å². The third kappa shape index (κ3) is 3.07. The van der Waals surface area contributed by atoms with E-state index in [1.54, 1.807) is 0 Å². The van der Waals surface area contributed by atoms with Gasteiger partial charge in [0, 0.05) is 11.6 Å². The van der Waals surface area contributed by atoms with Crippen molar-refractivity contribution in [2.45, 2.75) is 38.5 Å². The van der Waals surface area contributed by atoms with Gasteiger partial charge >= 0.3 is 5.97 Å². The van der Waals surface area contributed by atoms with Crippen molar-refractivity contribution < 1.29 is 9.53 Å². The minimum atomic E-state index is -0.0151. The van der Waals surface area contributed by atoms with Crippen LogP contribution in [0.3, 0.4) is 0 Å². The number of carbonyl (C=O) groups excluding carboxylic acids is 1. The van der Waals surface area contributed by atoms with Crippen LogP contribution in [0.2, 0.25) is 0 Å². The van der Waals surface area contributed by atoms with Crippen LogP contribution >= 0.6 is 0 Å².